The molecule has 0 bridgehead atoms. The van der Waals surface area contributed by atoms with Crippen molar-refractivity contribution in [2.24, 2.45) is 29.4 Å². The molecule has 4 aliphatic rings. The van der Waals surface area contributed by atoms with Gasteiger partial charge >= 0.3 is 0 Å². The minimum atomic E-state index is -2.81. The monoisotopic (exact) mass is 570 g/mol. The van der Waals surface area contributed by atoms with Gasteiger partial charge in [-0.1, -0.05) is 0 Å². The molecule has 2 amide bonds. The lowest BCUT2D eigenvalue weighted by Gasteiger charge is -2.52. The Kier molecular flexibility index (Phi) is 7.03. The summed E-state index contributed by atoms with van der Waals surface area (Å²) in [6.45, 7) is 1.25. The number of carbonyl (C=O) groups excluding carboxylic acids is 6. The zero-order valence-corrected chi connectivity index (χ0v) is 23.4. The van der Waals surface area contributed by atoms with E-state index in [1.54, 1.807) is 19.0 Å². The number of rotatable bonds is 4. The first-order chi connectivity index (χ1) is 19.2. The lowest BCUT2D eigenvalue weighted by molar-refractivity contribution is -0.181. The lowest BCUT2D eigenvalue weighted by atomic mass is 9.52. The number of hydrogen-bond acceptors (Lipinski definition) is 11. The SMILES string of the molecule is CN(C)c1cc(C(=O)N2CCOCC2)c(O)c2c1C[C@@H]1C[C@@H]3[C@@H](N(C)C)C(=O)C(C(N)=O)C(=O)[C@]3(O)C(=O)C1C2=O. The fourth-order valence-electron chi connectivity index (χ4n) is 7.15. The summed E-state index contributed by atoms with van der Waals surface area (Å²) >= 11 is 0. The maximum atomic E-state index is 14.1. The first kappa shape index (κ1) is 28.8. The molecular formula is C28H34N4O9. The van der Waals surface area contributed by atoms with Gasteiger partial charge in [-0.3, -0.25) is 33.7 Å². The van der Waals surface area contributed by atoms with Gasteiger partial charge in [0.2, 0.25) is 5.91 Å². The Morgan fingerprint density at radius 3 is 2.27 bits per heavy atom. The summed E-state index contributed by atoms with van der Waals surface area (Å²) in [6, 6.07) is 0.348. The smallest absolute Gasteiger partial charge is 0.257 e. The van der Waals surface area contributed by atoms with E-state index >= 15 is 0 Å². The van der Waals surface area contributed by atoms with Crippen LogP contribution in [0.5, 0.6) is 5.75 Å². The van der Waals surface area contributed by atoms with Gasteiger partial charge in [0, 0.05) is 38.8 Å². The number of aromatic hydroxyl groups is 1. The molecule has 2 unspecified atom stereocenters. The normalized spacial score (nSPS) is 31.5. The highest BCUT2D eigenvalue weighted by Crippen LogP contribution is 2.52. The average molecular weight is 571 g/mol. The van der Waals surface area contributed by atoms with E-state index in [1.807, 2.05) is 0 Å². The number of ketones is 4. The van der Waals surface area contributed by atoms with Crippen LogP contribution in [0.15, 0.2) is 6.07 Å². The number of hydrogen-bond donors (Lipinski definition) is 3. The van der Waals surface area contributed by atoms with Crippen molar-refractivity contribution in [2.45, 2.75) is 24.5 Å². The first-order valence-electron chi connectivity index (χ1n) is 13.5. The van der Waals surface area contributed by atoms with Crippen LogP contribution in [-0.4, -0.2) is 121 Å². The van der Waals surface area contributed by atoms with Crippen molar-refractivity contribution in [3.63, 3.8) is 0 Å². The number of phenolic OH excluding ortho intramolecular Hbond substituents is 1. The Balaban J connectivity index is 1.64. The predicted octanol–water partition coefficient (Wildman–Crippen LogP) is -1.59. The summed E-state index contributed by atoms with van der Waals surface area (Å²) in [4.78, 5) is 85.0. The second-order valence-corrected chi connectivity index (χ2v) is 11.7. The summed E-state index contributed by atoms with van der Waals surface area (Å²) < 4.78 is 5.31. The molecule has 3 fully saturated rings. The van der Waals surface area contributed by atoms with Crippen LogP contribution in [0.25, 0.3) is 0 Å². The fourth-order valence-corrected chi connectivity index (χ4v) is 7.15. The molecule has 220 valence electrons. The van der Waals surface area contributed by atoms with E-state index in [0.717, 1.165) is 0 Å². The number of anilines is 1. The number of amides is 2. The van der Waals surface area contributed by atoms with Crippen LogP contribution in [0.2, 0.25) is 0 Å². The van der Waals surface area contributed by atoms with E-state index in [1.165, 1.54) is 30.0 Å². The van der Waals surface area contributed by atoms with Crippen molar-refractivity contribution in [3.05, 3.63) is 22.8 Å². The van der Waals surface area contributed by atoms with Gasteiger partial charge in [0.1, 0.15) is 5.75 Å². The van der Waals surface area contributed by atoms with Crippen LogP contribution in [0.4, 0.5) is 5.69 Å². The number of carbonyl (C=O) groups is 6. The molecule has 1 saturated heterocycles. The van der Waals surface area contributed by atoms with E-state index in [9.17, 15) is 39.0 Å². The zero-order valence-electron chi connectivity index (χ0n) is 23.4. The largest absolute Gasteiger partial charge is 0.506 e. The predicted molar refractivity (Wildman–Crippen MR) is 142 cm³/mol. The number of nitrogens with two attached hydrogens (primary N) is 1. The summed E-state index contributed by atoms with van der Waals surface area (Å²) in [5, 5.41) is 23.1. The number of likely N-dealkylation sites (N-methyl/N-ethyl adjacent to an activating group) is 1. The molecule has 6 atom stereocenters. The maximum absolute atomic E-state index is 14.1. The molecule has 0 aromatic heterocycles. The van der Waals surface area contributed by atoms with Gasteiger partial charge in [0.05, 0.1) is 36.3 Å². The average Bonchev–Trinajstić information content (AvgIpc) is 2.90. The number of fused-ring (bicyclic) bond motifs is 3. The third kappa shape index (κ3) is 4.09. The van der Waals surface area contributed by atoms with Crippen LogP contribution < -0.4 is 10.6 Å². The van der Waals surface area contributed by atoms with E-state index in [-0.39, 0.29) is 24.0 Å². The second kappa shape index (κ2) is 10.00. The zero-order chi connectivity index (χ0) is 30.1. The number of nitrogens with zero attached hydrogens (tertiary/aromatic N) is 3. The Labute approximate surface area is 236 Å². The minimum Gasteiger partial charge on any atom is -0.506 e. The Bertz CT molecular complexity index is 1380. The molecule has 0 radical (unpaired) electrons. The van der Waals surface area contributed by atoms with Crippen LogP contribution in [0.3, 0.4) is 0 Å². The molecule has 1 heterocycles. The van der Waals surface area contributed by atoms with Gasteiger partial charge in [0.15, 0.2) is 34.7 Å². The van der Waals surface area contributed by atoms with Crippen molar-refractivity contribution in [1.29, 1.82) is 0 Å². The van der Waals surface area contributed by atoms with Crippen molar-refractivity contribution >= 4 is 40.6 Å². The topological polar surface area (TPSA) is 188 Å². The highest BCUT2D eigenvalue weighted by Gasteiger charge is 2.69. The molecule has 13 nitrogen and oxygen atoms in total. The van der Waals surface area contributed by atoms with Gasteiger partial charge in [-0.15, -0.1) is 0 Å². The third-order valence-corrected chi connectivity index (χ3v) is 9.05. The summed E-state index contributed by atoms with van der Waals surface area (Å²) in [7, 11) is 6.51. The highest BCUT2D eigenvalue weighted by atomic mass is 16.5. The quantitative estimate of drug-likeness (QED) is 0.354. The first-order valence-corrected chi connectivity index (χ1v) is 13.5. The summed E-state index contributed by atoms with van der Waals surface area (Å²) in [6.07, 6.45) is 0.0604. The van der Waals surface area contributed by atoms with Crippen LogP contribution >= 0.6 is 0 Å². The lowest BCUT2D eigenvalue weighted by Crippen LogP contribution is -2.74. The Morgan fingerprint density at radius 1 is 1.07 bits per heavy atom. The molecule has 4 N–H and O–H groups in total. The van der Waals surface area contributed by atoms with Crippen molar-refractivity contribution in [2.75, 3.05) is 59.4 Å². The standard InChI is InChI=1S/C28H34N4O9/c1-30(2)16-11-14(27(39)32-5-7-41-8-6-32)21(33)18-13(16)9-12-10-15-20(31(3)4)23(35)19(26(29)38)25(37)28(15,40)24(36)17(12)22(18)34/h11-12,15,17,19-20,33,40H,5-10H2,1-4H3,(H2,29,38)/t12-,15-,17?,19?,20-,28-/m1/s1. The molecule has 1 aromatic rings. The third-order valence-electron chi connectivity index (χ3n) is 9.05. The molecule has 41 heavy (non-hydrogen) atoms. The van der Waals surface area contributed by atoms with Gasteiger partial charge in [-0.25, -0.2) is 0 Å². The minimum absolute atomic E-state index is 0.0496. The Morgan fingerprint density at radius 2 is 1.71 bits per heavy atom. The van der Waals surface area contributed by atoms with E-state index in [2.05, 4.69) is 0 Å². The number of benzene rings is 1. The van der Waals surface area contributed by atoms with Crippen molar-refractivity contribution in [3.8, 4) is 5.75 Å². The van der Waals surface area contributed by atoms with Gasteiger partial charge in [-0.05, 0) is 44.5 Å². The number of morpholine rings is 1. The second-order valence-electron chi connectivity index (χ2n) is 11.7. The number of Topliss-reactive ketones (excluding diaryl/α,β-unsaturated/α-hetero) is 4. The van der Waals surface area contributed by atoms with Crippen molar-refractivity contribution in [1.82, 2.24) is 9.80 Å². The molecule has 5 rings (SSSR count). The molecule has 2 saturated carbocycles. The fraction of sp³-hybridized carbons (Fsp3) is 0.571. The number of phenols is 1. The molecular weight excluding hydrogens is 536 g/mol. The van der Waals surface area contributed by atoms with Gasteiger partial charge < -0.3 is 30.5 Å². The number of ether oxygens (including phenoxy) is 1. The maximum Gasteiger partial charge on any atom is 0.257 e. The van der Waals surface area contributed by atoms with Gasteiger partial charge in [0.25, 0.3) is 5.91 Å². The number of aliphatic hydroxyl groups is 1. The summed E-state index contributed by atoms with van der Waals surface area (Å²) in [5.74, 6) is -11.9. The Hall–Kier alpha value is -3.68. The van der Waals surface area contributed by atoms with Crippen molar-refractivity contribution < 1.29 is 43.7 Å². The molecule has 13 heteroatoms. The van der Waals surface area contributed by atoms with E-state index in [4.69, 9.17) is 10.5 Å². The highest BCUT2D eigenvalue weighted by molar-refractivity contribution is 6.32. The molecule has 3 aliphatic carbocycles. The number of primary amides is 1. The summed E-state index contributed by atoms with van der Waals surface area (Å²) in [5.41, 5.74) is 3.17. The molecule has 1 aromatic carbocycles. The van der Waals surface area contributed by atoms with Crippen LogP contribution in [0, 0.1) is 23.7 Å². The van der Waals surface area contributed by atoms with Crippen LogP contribution in [0.1, 0.15) is 32.7 Å². The molecule has 0 spiro atoms. The van der Waals surface area contributed by atoms with Crippen LogP contribution in [-0.2, 0) is 30.3 Å². The van der Waals surface area contributed by atoms with E-state index in [0.29, 0.717) is 37.6 Å². The van der Waals surface area contributed by atoms with Gasteiger partial charge in [-0.2, -0.15) is 0 Å². The molecule has 1 aliphatic heterocycles. The van der Waals surface area contributed by atoms with E-state index < -0.39 is 76.0 Å².